The maximum atomic E-state index is 10.7. The minimum absolute atomic E-state index is 0.258. The lowest BCUT2D eigenvalue weighted by atomic mass is 10.2. The molecule has 0 amide bonds. The summed E-state index contributed by atoms with van der Waals surface area (Å²) in [5.74, 6) is -0.696. The molecule has 1 fully saturated rings. The topological polar surface area (TPSA) is 46.5 Å². The molecule has 0 aromatic carbocycles. The molecule has 1 N–H and O–H groups in total. The molecular weight excluding hydrogens is 188 g/mol. The van der Waals surface area contributed by atoms with E-state index < -0.39 is 5.97 Å². The molecule has 1 aliphatic rings. The van der Waals surface area contributed by atoms with Crippen LogP contribution in [-0.4, -0.2) is 34.8 Å². The van der Waals surface area contributed by atoms with Crippen LogP contribution in [0.4, 0.5) is 0 Å². The van der Waals surface area contributed by atoms with Crippen molar-refractivity contribution in [2.75, 3.05) is 13.2 Å². The molecule has 0 spiro atoms. The van der Waals surface area contributed by atoms with E-state index in [0.717, 1.165) is 19.4 Å². The number of thioether (sulfide) groups is 1. The molecule has 76 valence electrons. The van der Waals surface area contributed by atoms with Crippen LogP contribution in [-0.2, 0) is 9.53 Å². The fourth-order valence-corrected chi connectivity index (χ4v) is 2.63. The minimum atomic E-state index is -0.696. The Hall–Kier alpha value is -0.220. The third-order valence-electron chi connectivity index (χ3n) is 2.12. The standard InChI is InChI=1S/C9H16O3S/c1-2-8(9(10)11)13-7-4-3-5-12-6-7/h7-8H,2-6H2,1H3,(H,10,11). The van der Waals surface area contributed by atoms with Crippen LogP contribution in [0.2, 0.25) is 0 Å². The van der Waals surface area contributed by atoms with Crippen molar-refractivity contribution in [3.8, 4) is 0 Å². The first-order valence-corrected chi connectivity index (χ1v) is 5.64. The number of rotatable bonds is 4. The molecular formula is C9H16O3S. The zero-order valence-corrected chi connectivity index (χ0v) is 8.68. The van der Waals surface area contributed by atoms with Crippen LogP contribution >= 0.6 is 11.8 Å². The summed E-state index contributed by atoms with van der Waals surface area (Å²) in [5, 5.41) is 8.97. The predicted molar refractivity (Wildman–Crippen MR) is 53.1 cm³/mol. The van der Waals surface area contributed by atoms with E-state index in [0.29, 0.717) is 18.3 Å². The zero-order chi connectivity index (χ0) is 9.68. The van der Waals surface area contributed by atoms with Crippen molar-refractivity contribution in [2.45, 2.75) is 36.7 Å². The van der Waals surface area contributed by atoms with Crippen LogP contribution in [0.5, 0.6) is 0 Å². The van der Waals surface area contributed by atoms with Crippen molar-refractivity contribution in [3.63, 3.8) is 0 Å². The summed E-state index contributed by atoms with van der Waals surface area (Å²) in [7, 11) is 0. The van der Waals surface area contributed by atoms with Crippen molar-refractivity contribution >= 4 is 17.7 Å². The molecule has 0 aliphatic carbocycles. The van der Waals surface area contributed by atoms with Gasteiger partial charge in [0.25, 0.3) is 0 Å². The summed E-state index contributed by atoms with van der Waals surface area (Å²) in [4.78, 5) is 10.7. The van der Waals surface area contributed by atoms with Gasteiger partial charge in [0.05, 0.1) is 6.61 Å². The average molecular weight is 204 g/mol. The Bertz CT molecular complexity index is 166. The summed E-state index contributed by atoms with van der Waals surface area (Å²) in [6.45, 7) is 3.46. The third kappa shape index (κ3) is 3.56. The lowest BCUT2D eigenvalue weighted by Gasteiger charge is -2.23. The maximum Gasteiger partial charge on any atom is 0.316 e. The van der Waals surface area contributed by atoms with Gasteiger partial charge in [0, 0.05) is 11.9 Å². The second-order valence-corrected chi connectivity index (χ2v) is 4.72. The molecule has 13 heavy (non-hydrogen) atoms. The van der Waals surface area contributed by atoms with Crippen LogP contribution in [0, 0.1) is 0 Å². The minimum Gasteiger partial charge on any atom is -0.480 e. The van der Waals surface area contributed by atoms with Gasteiger partial charge in [-0.25, -0.2) is 0 Å². The van der Waals surface area contributed by atoms with Gasteiger partial charge in [0.1, 0.15) is 5.25 Å². The summed E-state index contributed by atoms with van der Waals surface area (Å²) in [6.07, 6.45) is 2.85. The highest BCUT2D eigenvalue weighted by Crippen LogP contribution is 2.26. The van der Waals surface area contributed by atoms with E-state index in [2.05, 4.69) is 0 Å². The van der Waals surface area contributed by atoms with E-state index in [-0.39, 0.29) is 5.25 Å². The quantitative estimate of drug-likeness (QED) is 0.758. The van der Waals surface area contributed by atoms with Gasteiger partial charge in [-0.05, 0) is 19.3 Å². The number of ether oxygens (including phenoxy) is 1. The normalized spacial score (nSPS) is 25.5. The fourth-order valence-electron chi connectivity index (χ4n) is 1.38. The lowest BCUT2D eigenvalue weighted by Crippen LogP contribution is -2.25. The second-order valence-electron chi connectivity index (χ2n) is 3.21. The fraction of sp³-hybridized carbons (Fsp3) is 0.889. The molecule has 2 atom stereocenters. The van der Waals surface area contributed by atoms with Gasteiger partial charge in [-0.3, -0.25) is 4.79 Å². The number of carboxylic acids is 1. The van der Waals surface area contributed by atoms with Gasteiger partial charge in [-0.2, -0.15) is 0 Å². The molecule has 1 heterocycles. The van der Waals surface area contributed by atoms with E-state index in [9.17, 15) is 4.79 Å². The van der Waals surface area contributed by atoms with E-state index in [1.54, 1.807) is 11.8 Å². The molecule has 0 bridgehead atoms. The van der Waals surface area contributed by atoms with Crippen LogP contribution in [0.15, 0.2) is 0 Å². The number of hydrogen-bond acceptors (Lipinski definition) is 3. The highest BCUT2D eigenvalue weighted by atomic mass is 32.2. The molecule has 2 unspecified atom stereocenters. The molecule has 3 nitrogen and oxygen atoms in total. The molecule has 0 saturated carbocycles. The smallest absolute Gasteiger partial charge is 0.316 e. The Morgan fingerprint density at radius 2 is 2.54 bits per heavy atom. The molecule has 1 aliphatic heterocycles. The van der Waals surface area contributed by atoms with Crippen molar-refractivity contribution in [1.82, 2.24) is 0 Å². The molecule has 1 rings (SSSR count). The van der Waals surface area contributed by atoms with E-state index in [4.69, 9.17) is 9.84 Å². The Labute approximate surface area is 82.8 Å². The molecule has 0 aromatic rings. The Kier molecular flexibility index (Phi) is 4.59. The van der Waals surface area contributed by atoms with Crippen molar-refractivity contribution in [1.29, 1.82) is 0 Å². The molecule has 1 saturated heterocycles. The zero-order valence-electron chi connectivity index (χ0n) is 7.86. The number of aliphatic carboxylic acids is 1. The highest BCUT2D eigenvalue weighted by Gasteiger charge is 2.23. The van der Waals surface area contributed by atoms with E-state index in [1.807, 2.05) is 6.92 Å². The van der Waals surface area contributed by atoms with E-state index in [1.165, 1.54) is 0 Å². The first-order chi connectivity index (χ1) is 6.24. The van der Waals surface area contributed by atoms with Gasteiger partial charge in [-0.1, -0.05) is 6.92 Å². The van der Waals surface area contributed by atoms with Gasteiger partial charge in [-0.15, -0.1) is 11.8 Å². The van der Waals surface area contributed by atoms with Crippen molar-refractivity contribution < 1.29 is 14.6 Å². The number of carboxylic acid groups (broad SMARTS) is 1. The van der Waals surface area contributed by atoms with E-state index >= 15 is 0 Å². The van der Waals surface area contributed by atoms with Gasteiger partial charge >= 0.3 is 5.97 Å². The molecule has 0 radical (unpaired) electrons. The Morgan fingerprint density at radius 3 is 3.00 bits per heavy atom. The van der Waals surface area contributed by atoms with Crippen molar-refractivity contribution in [3.05, 3.63) is 0 Å². The first-order valence-electron chi connectivity index (χ1n) is 4.70. The van der Waals surface area contributed by atoms with Gasteiger partial charge < -0.3 is 9.84 Å². The third-order valence-corrected chi connectivity index (χ3v) is 3.74. The lowest BCUT2D eigenvalue weighted by molar-refractivity contribution is -0.136. The van der Waals surface area contributed by atoms with Crippen LogP contribution in [0.25, 0.3) is 0 Å². The Morgan fingerprint density at radius 1 is 1.77 bits per heavy atom. The largest absolute Gasteiger partial charge is 0.480 e. The predicted octanol–water partition coefficient (Wildman–Crippen LogP) is 1.76. The SMILES string of the molecule is CCC(SC1CCCOC1)C(=O)O. The highest BCUT2D eigenvalue weighted by molar-refractivity contribution is 8.01. The van der Waals surface area contributed by atoms with Gasteiger partial charge in [0.2, 0.25) is 0 Å². The average Bonchev–Trinajstić information content (AvgIpc) is 2.15. The van der Waals surface area contributed by atoms with Crippen LogP contribution in [0.3, 0.4) is 0 Å². The first kappa shape index (κ1) is 10.9. The van der Waals surface area contributed by atoms with Crippen LogP contribution in [0.1, 0.15) is 26.2 Å². The summed E-state index contributed by atoms with van der Waals surface area (Å²) < 4.78 is 5.29. The number of carbonyl (C=O) groups is 1. The second kappa shape index (κ2) is 5.50. The maximum absolute atomic E-state index is 10.7. The molecule has 0 aromatic heterocycles. The van der Waals surface area contributed by atoms with Gasteiger partial charge in [0.15, 0.2) is 0 Å². The summed E-state index contributed by atoms with van der Waals surface area (Å²) >= 11 is 1.55. The summed E-state index contributed by atoms with van der Waals surface area (Å²) in [6, 6.07) is 0. The number of hydrogen-bond donors (Lipinski definition) is 1. The molecule has 4 heteroatoms. The van der Waals surface area contributed by atoms with Crippen molar-refractivity contribution in [2.24, 2.45) is 0 Å². The summed E-state index contributed by atoms with van der Waals surface area (Å²) in [5.41, 5.74) is 0. The monoisotopic (exact) mass is 204 g/mol. The Balaban J connectivity index is 2.31. The van der Waals surface area contributed by atoms with Crippen LogP contribution < -0.4 is 0 Å².